The van der Waals surface area contributed by atoms with Gasteiger partial charge in [0.25, 0.3) is 0 Å². The number of hydrogen-bond acceptors (Lipinski definition) is 3. The second-order valence-corrected chi connectivity index (χ2v) is 5.24. The molecule has 1 aromatic heterocycles. The van der Waals surface area contributed by atoms with Crippen molar-refractivity contribution < 1.29 is 5.11 Å². The van der Waals surface area contributed by atoms with Crippen molar-refractivity contribution in [2.24, 2.45) is 5.92 Å². The minimum Gasteiger partial charge on any atom is -0.508 e. The summed E-state index contributed by atoms with van der Waals surface area (Å²) in [5.41, 5.74) is 0. The number of aromatic hydroxyl groups is 1. The van der Waals surface area contributed by atoms with Crippen molar-refractivity contribution in [3.8, 4) is 5.75 Å². The van der Waals surface area contributed by atoms with Crippen LogP contribution in [-0.2, 0) is 0 Å². The van der Waals surface area contributed by atoms with Crippen LogP contribution in [0.5, 0.6) is 5.75 Å². The second-order valence-electron chi connectivity index (χ2n) is 5.24. The molecule has 0 fully saturated rings. The van der Waals surface area contributed by atoms with Gasteiger partial charge in [-0.2, -0.15) is 0 Å². The number of pyridine rings is 1. The molecule has 3 nitrogen and oxygen atoms in total. The van der Waals surface area contributed by atoms with E-state index in [4.69, 9.17) is 0 Å². The summed E-state index contributed by atoms with van der Waals surface area (Å²) in [4.78, 5) is 4.37. The summed E-state index contributed by atoms with van der Waals surface area (Å²) >= 11 is 0. The van der Waals surface area contributed by atoms with E-state index in [-0.39, 0.29) is 5.75 Å². The van der Waals surface area contributed by atoms with Crippen molar-refractivity contribution in [2.75, 3.05) is 5.32 Å². The maximum atomic E-state index is 9.58. The fraction of sp³-hybridized carbons (Fsp3) is 0.400. The molecule has 0 spiro atoms. The third kappa shape index (κ3) is 2.92. The van der Waals surface area contributed by atoms with Crippen molar-refractivity contribution in [3.05, 3.63) is 30.5 Å². The normalized spacial score (nSPS) is 12.9. The van der Waals surface area contributed by atoms with Crippen LogP contribution in [0.25, 0.3) is 10.8 Å². The molecule has 2 rings (SSSR count). The molecule has 1 heterocycles. The van der Waals surface area contributed by atoms with Gasteiger partial charge in [0.2, 0.25) is 0 Å². The van der Waals surface area contributed by atoms with Crippen molar-refractivity contribution in [1.82, 2.24) is 4.98 Å². The number of phenolic OH excluding ortho intramolecular Hbond substituents is 1. The standard InChI is InChI=1S/C15H20N2O/c1-10(2)8-11(3)17-15-14-9-13(18)5-4-12(14)6-7-16-15/h4-7,9-11,18H,8H2,1-3H3,(H,16,17). The van der Waals surface area contributed by atoms with Gasteiger partial charge < -0.3 is 10.4 Å². The molecule has 18 heavy (non-hydrogen) atoms. The third-order valence-corrected chi connectivity index (χ3v) is 2.96. The number of phenols is 1. The zero-order chi connectivity index (χ0) is 13.1. The molecule has 96 valence electrons. The van der Waals surface area contributed by atoms with Crippen LogP contribution in [0.3, 0.4) is 0 Å². The van der Waals surface area contributed by atoms with Gasteiger partial charge in [0, 0.05) is 17.6 Å². The number of anilines is 1. The lowest BCUT2D eigenvalue weighted by Crippen LogP contribution is -2.18. The Labute approximate surface area is 108 Å². The Morgan fingerprint density at radius 3 is 2.72 bits per heavy atom. The predicted octanol–water partition coefficient (Wildman–Crippen LogP) is 3.79. The third-order valence-electron chi connectivity index (χ3n) is 2.96. The first-order chi connectivity index (χ1) is 8.56. The number of hydrogen-bond donors (Lipinski definition) is 2. The van der Waals surface area contributed by atoms with E-state index < -0.39 is 0 Å². The fourth-order valence-electron chi connectivity index (χ4n) is 2.27. The SMILES string of the molecule is CC(C)CC(C)Nc1nccc2ccc(O)cc12. The van der Waals surface area contributed by atoms with E-state index in [9.17, 15) is 5.11 Å². The maximum absolute atomic E-state index is 9.58. The van der Waals surface area contributed by atoms with Crippen LogP contribution < -0.4 is 5.32 Å². The first-order valence-electron chi connectivity index (χ1n) is 6.40. The van der Waals surface area contributed by atoms with Crippen LogP contribution in [0.2, 0.25) is 0 Å². The van der Waals surface area contributed by atoms with Gasteiger partial charge in [0.05, 0.1) is 0 Å². The smallest absolute Gasteiger partial charge is 0.134 e. The molecule has 3 heteroatoms. The predicted molar refractivity (Wildman–Crippen MR) is 75.9 cm³/mol. The van der Waals surface area contributed by atoms with E-state index in [2.05, 4.69) is 31.1 Å². The van der Waals surface area contributed by atoms with Gasteiger partial charge in [-0.15, -0.1) is 0 Å². The Hall–Kier alpha value is -1.77. The molecule has 1 aromatic carbocycles. The molecule has 1 atom stereocenters. The van der Waals surface area contributed by atoms with Crippen LogP contribution in [-0.4, -0.2) is 16.1 Å². The van der Waals surface area contributed by atoms with Crippen LogP contribution in [0.1, 0.15) is 27.2 Å². The van der Waals surface area contributed by atoms with Crippen LogP contribution >= 0.6 is 0 Å². The van der Waals surface area contributed by atoms with E-state index in [1.165, 1.54) is 0 Å². The van der Waals surface area contributed by atoms with E-state index in [1.54, 1.807) is 18.3 Å². The van der Waals surface area contributed by atoms with Crippen LogP contribution in [0.15, 0.2) is 30.5 Å². The fourth-order valence-corrected chi connectivity index (χ4v) is 2.27. The minimum absolute atomic E-state index is 0.273. The highest BCUT2D eigenvalue weighted by molar-refractivity contribution is 5.92. The minimum atomic E-state index is 0.273. The lowest BCUT2D eigenvalue weighted by molar-refractivity contribution is 0.476. The van der Waals surface area contributed by atoms with Gasteiger partial charge in [-0.1, -0.05) is 19.9 Å². The van der Waals surface area contributed by atoms with Crippen molar-refractivity contribution in [2.45, 2.75) is 33.2 Å². The number of nitrogens with one attached hydrogen (secondary N) is 1. The number of rotatable bonds is 4. The molecule has 2 aromatic rings. The van der Waals surface area contributed by atoms with E-state index in [0.29, 0.717) is 12.0 Å². The molecular weight excluding hydrogens is 224 g/mol. The Balaban J connectivity index is 2.30. The first kappa shape index (κ1) is 12.7. The quantitative estimate of drug-likeness (QED) is 0.860. The molecule has 0 radical (unpaired) electrons. The summed E-state index contributed by atoms with van der Waals surface area (Å²) in [5.74, 6) is 1.77. The van der Waals surface area contributed by atoms with E-state index >= 15 is 0 Å². The molecule has 0 aliphatic heterocycles. The monoisotopic (exact) mass is 244 g/mol. The van der Waals surface area contributed by atoms with E-state index in [0.717, 1.165) is 23.0 Å². The van der Waals surface area contributed by atoms with Crippen LogP contribution in [0.4, 0.5) is 5.82 Å². The molecule has 0 aliphatic carbocycles. The summed E-state index contributed by atoms with van der Waals surface area (Å²) in [6.45, 7) is 6.57. The van der Waals surface area contributed by atoms with E-state index in [1.807, 2.05) is 12.1 Å². The Bertz CT molecular complexity index is 537. The molecule has 0 saturated carbocycles. The van der Waals surface area contributed by atoms with Crippen molar-refractivity contribution in [3.63, 3.8) is 0 Å². The Morgan fingerprint density at radius 1 is 1.22 bits per heavy atom. The number of nitrogens with zero attached hydrogens (tertiary/aromatic N) is 1. The zero-order valence-electron chi connectivity index (χ0n) is 11.1. The Kier molecular flexibility index (Phi) is 3.70. The molecule has 1 unspecified atom stereocenters. The van der Waals surface area contributed by atoms with Gasteiger partial charge >= 0.3 is 0 Å². The zero-order valence-corrected chi connectivity index (χ0v) is 11.1. The largest absolute Gasteiger partial charge is 0.508 e. The number of aromatic nitrogens is 1. The summed E-state index contributed by atoms with van der Waals surface area (Å²) in [7, 11) is 0. The lowest BCUT2D eigenvalue weighted by Gasteiger charge is -2.17. The van der Waals surface area contributed by atoms with Gasteiger partial charge in [-0.25, -0.2) is 4.98 Å². The van der Waals surface area contributed by atoms with Crippen molar-refractivity contribution in [1.29, 1.82) is 0 Å². The molecule has 0 aliphatic rings. The van der Waals surface area contributed by atoms with Gasteiger partial charge in [0.1, 0.15) is 11.6 Å². The van der Waals surface area contributed by atoms with Crippen LogP contribution in [0, 0.1) is 5.92 Å². The molecule has 0 bridgehead atoms. The first-order valence-corrected chi connectivity index (χ1v) is 6.40. The highest BCUT2D eigenvalue weighted by Gasteiger charge is 2.08. The highest BCUT2D eigenvalue weighted by Crippen LogP contribution is 2.26. The molecule has 0 saturated heterocycles. The van der Waals surface area contributed by atoms with Gasteiger partial charge in [-0.05, 0) is 42.8 Å². The highest BCUT2D eigenvalue weighted by atomic mass is 16.3. The lowest BCUT2D eigenvalue weighted by atomic mass is 10.0. The summed E-state index contributed by atoms with van der Waals surface area (Å²) in [5, 5.41) is 15.1. The average molecular weight is 244 g/mol. The molecule has 0 amide bonds. The van der Waals surface area contributed by atoms with Gasteiger partial charge in [0.15, 0.2) is 0 Å². The summed E-state index contributed by atoms with van der Waals surface area (Å²) in [6.07, 6.45) is 2.89. The number of benzene rings is 1. The average Bonchev–Trinajstić information content (AvgIpc) is 2.28. The Morgan fingerprint density at radius 2 is 2.00 bits per heavy atom. The second kappa shape index (κ2) is 5.25. The summed E-state index contributed by atoms with van der Waals surface area (Å²) < 4.78 is 0. The summed E-state index contributed by atoms with van der Waals surface area (Å²) in [6, 6.07) is 7.68. The number of fused-ring (bicyclic) bond motifs is 1. The maximum Gasteiger partial charge on any atom is 0.134 e. The molecule has 2 N–H and O–H groups in total. The van der Waals surface area contributed by atoms with Gasteiger partial charge in [-0.3, -0.25) is 0 Å². The topological polar surface area (TPSA) is 45.2 Å². The molecular formula is C15H20N2O. The van der Waals surface area contributed by atoms with Crippen molar-refractivity contribution >= 4 is 16.6 Å².